The topological polar surface area (TPSA) is 42.2 Å². The summed E-state index contributed by atoms with van der Waals surface area (Å²) in [5.41, 5.74) is 1.92. The zero-order chi connectivity index (χ0) is 13.0. The molecule has 0 unspecified atom stereocenters. The molecule has 3 nitrogen and oxygen atoms in total. The minimum Gasteiger partial charge on any atom is -0.478 e. The van der Waals surface area contributed by atoms with Gasteiger partial charge in [0.2, 0.25) is 0 Å². The molecule has 0 aliphatic rings. The fourth-order valence-corrected chi connectivity index (χ4v) is 1.92. The van der Waals surface area contributed by atoms with E-state index in [2.05, 4.69) is 0 Å². The molecule has 0 saturated carbocycles. The highest BCUT2D eigenvalue weighted by Crippen LogP contribution is 2.14. The molecular formula is C14H12ClNO2. The van der Waals surface area contributed by atoms with Gasteiger partial charge in [-0.2, -0.15) is 0 Å². The molecule has 4 heteroatoms. The SMILES string of the molecule is O=C(O)/C=C/c1cccn1Cc1cccc(Cl)c1. The van der Waals surface area contributed by atoms with Crippen molar-refractivity contribution >= 4 is 23.6 Å². The molecule has 92 valence electrons. The Labute approximate surface area is 110 Å². The summed E-state index contributed by atoms with van der Waals surface area (Å²) in [5, 5.41) is 9.31. The lowest BCUT2D eigenvalue weighted by molar-refractivity contribution is -0.131. The molecule has 0 bridgehead atoms. The van der Waals surface area contributed by atoms with Crippen molar-refractivity contribution in [2.24, 2.45) is 0 Å². The molecule has 0 fully saturated rings. The first-order chi connectivity index (χ1) is 8.65. The summed E-state index contributed by atoms with van der Waals surface area (Å²) in [5.74, 6) is -0.953. The van der Waals surface area contributed by atoms with E-state index in [-0.39, 0.29) is 0 Å². The molecule has 0 aliphatic carbocycles. The maximum Gasteiger partial charge on any atom is 0.328 e. The van der Waals surface area contributed by atoms with Crippen molar-refractivity contribution in [1.29, 1.82) is 0 Å². The van der Waals surface area contributed by atoms with E-state index in [0.717, 1.165) is 17.3 Å². The number of hydrogen-bond acceptors (Lipinski definition) is 1. The maximum atomic E-state index is 10.5. The Morgan fingerprint density at radius 1 is 1.33 bits per heavy atom. The van der Waals surface area contributed by atoms with Gasteiger partial charge < -0.3 is 9.67 Å². The van der Waals surface area contributed by atoms with E-state index in [1.807, 2.05) is 47.2 Å². The molecule has 0 saturated heterocycles. The van der Waals surface area contributed by atoms with Gasteiger partial charge in [0.15, 0.2) is 0 Å². The molecule has 2 aromatic rings. The first kappa shape index (κ1) is 12.5. The second kappa shape index (κ2) is 5.56. The molecule has 2 rings (SSSR count). The monoisotopic (exact) mass is 261 g/mol. The second-order valence-electron chi connectivity index (χ2n) is 3.86. The van der Waals surface area contributed by atoms with E-state index in [1.165, 1.54) is 0 Å². The van der Waals surface area contributed by atoms with Gasteiger partial charge in [0, 0.05) is 29.5 Å². The predicted octanol–water partition coefficient (Wildman–Crippen LogP) is 3.29. The van der Waals surface area contributed by atoms with Gasteiger partial charge in [0.05, 0.1) is 0 Å². The van der Waals surface area contributed by atoms with Crippen LogP contribution in [0, 0.1) is 0 Å². The van der Waals surface area contributed by atoms with E-state index < -0.39 is 5.97 Å². The smallest absolute Gasteiger partial charge is 0.328 e. The van der Waals surface area contributed by atoms with Crippen LogP contribution < -0.4 is 0 Å². The standard InChI is InChI=1S/C14H12ClNO2/c15-12-4-1-3-11(9-12)10-16-8-2-5-13(16)6-7-14(17)18/h1-9H,10H2,(H,17,18)/b7-6+. The van der Waals surface area contributed by atoms with Crippen LogP contribution in [0.2, 0.25) is 5.02 Å². The molecule has 1 aromatic heterocycles. The zero-order valence-electron chi connectivity index (χ0n) is 9.58. The Kier molecular flexibility index (Phi) is 3.85. The van der Waals surface area contributed by atoms with Crippen LogP contribution in [0.25, 0.3) is 6.08 Å². The van der Waals surface area contributed by atoms with Crippen molar-refractivity contribution in [3.63, 3.8) is 0 Å². The van der Waals surface area contributed by atoms with Crippen LogP contribution in [-0.4, -0.2) is 15.6 Å². The van der Waals surface area contributed by atoms with Crippen molar-refractivity contribution in [3.8, 4) is 0 Å². The Morgan fingerprint density at radius 3 is 2.89 bits per heavy atom. The van der Waals surface area contributed by atoms with Crippen LogP contribution in [-0.2, 0) is 11.3 Å². The van der Waals surface area contributed by atoms with Crippen LogP contribution in [0.15, 0.2) is 48.7 Å². The fourth-order valence-electron chi connectivity index (χ4n) is 1.71. The van der Waals surface area contributed by atoms with Crippen molar-refractivity contribution in [3.05, 3.63) is 65.0 Å². The minimum absolute atomic E-state index is 0.660. The van der Waals surface area contributed by atoms with Gasteiger partial charge >= 0.3 is 5.97 Å². The summed E-state index contributed by atoms with van der Waals surface area (Å²) in [4.78, 5) is 10.5. The third kappa shape index (κ3) is 3.25. The van der Waals surface area contributed by atoms with Crippen molar-refractivity contribution in [2.75, 3.05) is 0 Å². The van der Waals surface area contributed by atoms with Crippen molar-refractivity contribution < 1.29 is 9.90 Å². The highest BCUT2D eigenvalue weighted by molar-refractivity contribution is 6.30. The van der Waals surface area contributed by atoms with E-state index >= 15 is 0 Å². The molecule has 1 heterocycles. The number of rotatable bonds is 4. The van der Waals surface area contributed by atoms with Crippen molar-refractivity contribution in [1.82, 2.24) is 4.57 Å². The lowest BCUT2D eigenvalue weighted by atomic mass is 10.2. The maximum absolute atomic E-state index is 10.5. The Bertz CT molecular complexity index is 587. The highest BCUT2D eigenvalue weighted by Gasteiger charge is 2.00. The molecule has 0 spiro atoms. The van der Waals surface area contributed by atoms with Gasteiger partial charge in [0.1, 0.15) is 0 Å². The van der Waals surface area contributed by atoms with Crippen LogP contribution in [0.1, 0.15) is 11.3 Å². The van der Waals surface area contributed by atoms with E-state index in [1.54, 1.807) is 6.08 Å². The first-order valence-corrected chi connectivity index (χ1v) is 5.83. The van der Waals surface area contributed by atoms with E-state index in [4.69, 9.17) is 16.7 Å². The van der Waals surface area contributed by atoms with Gasteiger partial charge in [-0.05, 0) is 35.9 Å². The quantitative estimate of drug-likeness (QED) is 0.858. The molecule has 1 aromatic carbocycles. The third-order valence-electron chi connectivity index (χ3n) is 2.50. The first-order valence-electron chi connectivity index (χ1n) is 5.46. The number of halogens is 1. The Morgan fingerprint density at radius 2 is 2.17 bits per heavy atom. The summed E-state index contributed by atoms with van der Waals surface area (Å²) >= 11 is 5.93. The summed E-state index contributed by atoms with van der Waals surface area (Å²) in [6.07, 6.45) is 4.61. The van der Waals surface area contributed by atoms with Crippen LogP contribution in [0.3, 0.4) is 0 Å². The average Bonchev–Trinajstić information content (AvgIpc) is 2.74. The fraction of sp³-hybridized carbons (Fsp3) is 0.0714. The number of carboxylic acid groups (broad SMARTS) is 1. The van der Waals surface area contributed by atoms with Crippen LogP contribution in [0.4, 0.5) is 0 Å². The number of carboxylic acids is 1. The molecule has 0 aliphatic heterocycles. The highest BCUT2D eigenvalue weighted by atomic mass is 35.5. The molecule has 0 atom stereocenters. The Balaban J connectivity index is 2.20. The molecule has 0 amide bonds. The van der Waals surface area contributed by atoms with Gasteiger partial charge in [-0.15, -0.1) is 0 Å². The van der Waals surface area contributed by atoms with Crippen LogP contribution >= 0.6 is 11.6 Å². The second-order valence-corrected chi connectivity index (χ2v) is 4.30. The molecular weight excluding hydrogens is 250 g/mol. The number of hydrogen-bond donors (Lipinski definition) is 1. The van der Waals surface area contributed by atoms with Gasteiger partial charge in [-0.1, -0.05) is 23.7 Å². The number of benzene rings is 1. The third-order valence-corrected chi connectivity index (χ3v) is 2.74. The average molecular weight is 262 g/mol. The van der Waals surface area contributed by atoms with Crippen molar-refractivity contribution in [2.45, 2.75) is 6.54 Å². The molecule has 1 N–H and O–H groups in total. The summed E-state index contributed by atoms with van der Waals surface area (Å²) < 4.78 is 1.96. The minimum atomic E-state index is -0.953. The van der Waals surface area contributed by atoms with Crippen LogP contribution in [0.5, 0.6) is 0 Å². The zero-order valence-corrected chi connectivity index (χ0v) is 10.3. The number of aliphatic carboxylic acids is 1. The summed E-state index contributed by atoms with van der Waals surface area (Å²) in [6.45, 7) is 0.660. The largest absolute Gasteiger partial charge is 0.478 e. The van der Waals surface area contributed by atoms with E-state index in [0.29, 0.717) is 11.6 Å². The number of nitrogens with zero attached hydrogens (tertiary/aromatic N) is 1. The lowest BCUT2D eigenvalue weighted by Gasteiger charge is -2.06. The van der Waals surface area contributed by atoms with Gasteiger partial charge in [-0.25, -0.2) is 4.79 Å². The predicted molar refractivity (Wildman–Crippen MR) is 71.7 cm³/mol. The van der Waals surface area contributed by atoms with Gasteiger partial charge in [0.25, 0.3) is 0 Å². The number of aromatic nitrogens is 1. The normalized spacial score (nSPS) is 10.9. The lowest BCUT2D eigenvalue weighted by Crippen LogP contribution is -2.00. The molecule has 18 heavy (non-hydrogen) atoms. The number of carbonyl (C=O) groups is 1. The molecule has 0 radical (unpaired) electrons. The Hall–Kier alpha value is -2.00. The summed E-state index contributed by atoms with van der Waals surface area (Å²) in [7, 11) is 0. The summed E-state index contributed by atoms with van der Waals surface area (Å²) in [6, 6.07) is 11.3. The van der Waals surface area contributed by atoms with E-state index in [9.17, 15) is 4.79 Å². The van der Waals surface area contributed by atoms with Gasteiger partial charge in [-0.3, -0.25) is 0 Å².